The summed E-state index contributed by atoms with van der Waals surface area (Å²) in [7, 11) is 0. The first kappa shape index (κ1) is 18.2. The molecule has 0 fully saturated rings. The van der Waals surface area contributed by atoms with E-state index in [9.17, 15) is 9.59 Å². The Morgan fingerprint density at radius 3 is 2.50 bits per heavy atom. The van der Waals surface area contributed by atoms with E-state index in [-0.39, 0.29) is 11.7 Å². The lowest BCUT2D eigenvalue weighted by molar-refractivity contribution is 0.0971. The highest BCUT2D eigenvalue weighted by Crippen LogP contribution is 2.28. The van der Waals surface area contributed by atoms with Crippen LogP contribution < -0.4 is 5.32 Å². The van der Waals surface area contributed by atoms with Crippen molar-refractivity contribution in [1.29, 1.82) is 0 Å². The number of rotatable bonds is 3. The first-order valence-electron chi connectivity index (χ1n) is 9.56. The number of anilines is 1. The number of fused-ring (bicyclic) bond motifs is 1. The molecule has 0 radical (unpaired) electrons. The molecule has 6 nitrogen and oxygen atoms in total. The number of aromatic amines is 1. The van der Waals surface area contributed by atoms with Crippen molar-refractivity contribution in [3.05, 3.63) is 63.7 Å². The van der Waals surface area contributed by atoms with Gasteiger partial charge in [-0.15, -0.1) is 0 Å². The molecule has 0 saturated heterocycles. The van der Waals surface area contributed by atoms with Gasteiger partial charge < -0.3 is 10.3 Å². The van der Waals surface area contributed by atoms with Crippen LogP contribution in [-0.4, -0.2) is 26.5 Å². The van der Waals surface area contributed by atoms with Gasteiger partial charge in [0.2, 0.25) is 0 Å². The highest BCUT2D eigenvalue weighted by molar-refractivity contribution is 6.08. The van der Waals surface area contributed by atoms with Crippen LogP contribution in [0.5, 0.6) is 0 Å². The summed E-state index contributed by atoms with van der Waals surface area (Å²) in [5.74, 6) is -0.122. The smallest absolute Gasteiger partial charge is 0.272 e. The average molecular weight is 376 g/mol. The largest absolute Gasteiger partial charge is 0.354 e. The molecule has 1 aliphatic carbocycles. The van der Waals surface area contributed by atoms with E-state index < -0.39 is 0 Å². The van der Waals surface area contributed by atoms with E-state index in [0.717, 1.165) is 41.2 Å². The number of aryl methyl sites for hydroxylation is 3. The summed E-state index contributed by atoms with van der Waals surface area (Å²) in [6.45, 7) is 7.69. The highest BCUT2D eigenvalue weighted by atomic mass is 16.2. The number of carbonyl (C=O) groups excluding carboxylic acids is 2. The van der Waals surface area contributed by atoms with Crippen molar-refractivity contribution in [2.45, 2.75) is 47.0 Å². The fourth-order valence-corrected chi connectivity index (χ4v) is 3.94. The SMILES string of the molecule is Cc1ccc(-n2nc(C)c(NC(=O)c3[nH]c4c(c3C)C(=O)CCC4)c2C)cc1. The molecule has 0 bridgehead atoms. The van der Waals surface area contributed by atoms with Gasteiger partial charge in [-0.3, -0.25) is 9.59 Å². The summed E-state index contributed by atoms with van der Waals surface area (Å²) >= 11 is 0. The third kappa shape index (κ3) is 2.95. The van der Waals surface area contributed by atoms with Crippen LogP contribution in [0.1, 0.15) is 61.9 Å². The Labute approximate surface area is 164 Å². The van der Waals surface area contributed by atoms with Gasteiger partial charge in [-0.05, 0) is 58.2 Å². The van der Waals surface area contributed by atoms with Crippen LogP contribution in [0.4, 0.5) is 5.69 Å². The molecule has 1 amide bonds. The number of benzene rings is 1. The molecule has 0 aliphatic heterocycles. The number of ketones is 1. The van der Waals surface area contributed by atoms with Crippen LogP contribution in [0.2, 0.25) is 0 Å². The topological polar surface area (TPSA) is 79.8 Å². The van der Waals surface area contributed by atoms with Gasteiger partial charge in [0.1, 0.15) is 5.69 Å². The zero-order valence-electron chi connectivity index (χ0n) is 16.6. The second-order valence-corrected chi connectivity index (χ2v) is 7.50. The predicted octanol–water partition coefficient (Wildman–Crippen LogP) is 4.21. The van der Waals surface area contributed by atoms with Gasteiger partial charge >= 0.3 is 0 Å². The number of nitrogens with one attached hydrogen (secondary N) is 2. The zero-order chi connectivity index (χ0) is 20.0. The maximum Gasteiger partial charge on any atom is 0.272 e. The van der Waals surface area contributed by atoms with E-state index in [1.807, 2.05) is 56.6 Å². The molecule has 28 heavy (non-hydrogen) atoms. The maximum absolute atomic E-state index is 13.0. The quantitative estimate of drug-likeness (QED) is 0.719. The first-order valence-corrected chi connectivity index (χ1v) is 9.56. The lowest BCUT2D eigenvalue weighted by Gasteiger charge is -2.09. The summed E-state index contributed by atoms with van der Waals surface area (Å²) in [4.78, 5) is 28.4. The van der Waals surface area contributed by atoms with Gasteiger partial charge in [-0.25, -0.2) is 4.68 Å². The van der Waals surface area contributed by atoms with Gasteiger partial charge in [-0.2, -0.15) is 5.10 Å². The number of Topliss-reactive ketones (excluding diaryl/α,β-unsaturated/α-hetero) is 1. The number of aromatic nitrogens is 3. The fraction of sp³-hybridized carbons (Fsp3) is 0.318. The number of carbonyl (C=O) groups is 2. The minimum absolute atomic E-state index is 0.119. The van der Waals surface area contributed by atoms with Crippen molar-refractivity contribution in [3.8, 4) is 5.69 Å². The Bertz CT molecular complexity index is 1090. The van der Waals surface area contributed by atoms with Gasteiger partial charge in [0.15, 0.2) is 5.78 Å². The van der Waals surface area contributed by atoms with Gasteiger partial charge in [-0.1, -0.05) is 17.7 Å². The molecular formula is C22H24N4O2. The molecule has 1 aliphatic rings. The maximum atomic E-state index is 13.0. The number of hydrogen-bond donors (Lipinski definition) is 2. The van der Waals surface area contributed by atoms with E-state index in [1.165, 1.54) is 5.56 Å². The molecule has 3 aromatic rings. The molecule has 1 aromatic carbocycles. The monoisotopic (exact) mass is 376 g/mol. The van der Waals surface area contributed by atoms with E-state index in [0.29, 0.717) is 23.4 Å². The number of hydrogen-bond acceptors (Lipinski definition) is 3. The lowest BCUT2D eigenvalue weighted by Crippen LogP contribution is -2.15. The van der Waals surface area contributed by atoms with E-state index in [2.05, 4.69) is 15.4 Å². The minimum atomic E-state index is -0.241. The predicted molar refractivity (Wildman–Crippen MR) is 109 cm³/mol. The van der Waals surface area contributed by atoms with Crippen molar-refractivity contribution in [3.63, 3.8) is 0 Å². The van der Waals surface area contributed by atoms with Crippen molar-refractivity contribution in [2.24, 2.45) is 0 Å². The van der Waals surface area contributed by atoms with Crippen molar-refractivity contribution < 1.29 is 9.59 Å². The Kier molecular flexibility index (Phi) is 4.41. The summed E-state index contributed by atoms with van der Waals surface area (Å²) in [5, 5.41) is 7.59. The third-order valence-corrected chi connectivity index (χ3v) is 5.47. The van der Waals surface area contributed by atoms with Gasteiger partial charge in [0, 0.05) is 17.7 Å². The van der Waals surface area contributed by atoms with Crippen molar-refractivity contribution in [2.75, 3.05) is 5.32 Å². The van der Waals surface area contributed by atoms with Crippen LogP contribution in [0.15, 0.2) is 24.3 Å². The molecule has 2 N–H and O–H groups in total. The highest BCUT2D eigenvalue weighted by Gasteiger charge is 2.27. The summed E-state index contributed by atoms with van der Waals surface area (Å²) in [6, 6.07) is 8.09. The van der Waals surface area contributed by atoms with Gasteiger partial charge in [0.05, 0.1) is 22.8 Å². The molecular weight excluding hydrogens is 352 g/mol. The first-order chi connectivity index (χ1) is 13.4. The molecule has 0 atom stereocenters. The molecule has 4 rings (SSSR count). The lowest BCUT2D eigenvalue weighted by atomic mass is 9.94. The second kappa shape index (κ2) is 6.78. The molecule has 0 spiro atoms. The Morgan fingerprint density at radius 2 is 1.82 bits per heavy atom. The van der Waals surface area contributed by atoms with Crippen LogP contribution in [-0.2, 0) is 6.42 Å². The molecule has 6 heteroatoms. The Balaban J connectivity index is 1.66. The summed E-state index contributed by atoms with van der Waals surface area (Å²) in [5.41, 5.74) is 7.20. The number of nitrogens with zero attached hydrogens (tertiary/aromatic N) is 2. The summed E-state index contributed by atoms with van der Waals surface area (Å²) < 4.78 is 1.83. The second-order valence-electron chi connectivity index (χ2n) is 7.50. The van der Waals surface area contributed by atoms with Crippen LogP contribution in [0.25, 0.3) is 5.69 Å². The fourth-order valence-electron chi connectivity index (χ4n) is 3.94. The minimum Gasteiger partial charge on any atom is -0.354 e. The molecule has 0 unspecified atom stereocenters. The van der Waals surface area contributed by atoms with Crippen LogP contribution in [0, 0.1) is 27.7 Å². The zero-order valence-corrected chi connectivity index (χ0v) is 16.6. The molecule has 0 saturated carbocycles. The Morgan fingerprint density at radius 1 is 1.11 bits per heavy atom. The van der Waals surface area contributed by atoms with Gasteiger partial charge in [0.25, 0.3) is 5.91 Å². The van der Waals surface area contributed by atoms with Crippen LogP contribution in [0.3, 0.4) is 0 Å². The number of H-pyrrole nitrogens is 1. The van der Waals surface area contributed by atoms with E-state index in [4.69, 9.17) is 0 Å². The van der Waals surface area contributed by atoms with Crippen LogP contribution >= 0.6 is 0 Å². The van der Waals surface area contributed by atoms with E-state index in [1.54, 1.807) is 0 Å². The Hall–Kier alpha value is -3.15. The van der Waals surface area contributed by atoms with E-state index >= 15 is 0 Å². The van der Waals surface area contributed by atoms with Crippen molar-refractivity contribution >= 4 is 17.4 Å². The summed E-state index contributed by atoms with van der Waals surface area (Å²) in [6.07, 6.45) is 2.18. The standard InChI is InChI=1S/C22H24N4O2/c1-12-8-10-16(11-9-12)26-15(4)21(14(3)25-26)24-22(28)20-13(2)19-17(23-20)6-5-7-18(19)27/h8-11,23H,5-7H2,1-4H3,(H,24,28). The molecule has 144 valence electrons. The average Bonchev–Trinajstić information content (AvgIpc) is 3.15. The third-order valence-electron chi connectivity index (χ3n) is 5.47. The molecule has 2 aromatic heterocycles. The van der Waals surface area contributed by atoms with Crippen molar-refractivity contribution in [1.82, 2.24) is 14.8 Å². The molecule has 2 heterocycles. The normalized spacial score (nSPS) is 13.5. The number of amides is 1.